The van der Waals surface area contributed by atoms with Crippen LogP contribution in [0.1, 0.15) is 36.8 Å². The number of nitrogens with zero attached hydrogens (tertiary/aromatic N) is 3. The summed E-state index contributed by atoms with van der Waals surface area (Å²) in [7, 11) is 0. The van der Waals surface area contributed by atoms with Gasteiger partial charge in [-0.25, -0.2) is 9.97 Å². The standard InChI is InChI=1S/C19H22N4/c1-14-6-9-21-18(22-14)19(2)8-3-11-23(19)13-15-4-5-16-7-10-20-17(16)12-15/h4-7,9-10,12,20H,3,8,11,13H2,1-2H3. The molecule has 1 aliphatic rings. The summed E-state index contributed by atoms with van der Waals surface area (Å²) in [6.45, 7) is 6.34. The molecule has 4 nitrogen and oxygen atoms in total. The van der Waals surface area contributed by atoms with E-state index < -0.39 is 0 Å². The van der Waals surface area contributed by atoms with E-state index in [1.165, 1.54) is 22.9 Å². The second kappa shape index (κ2) is 5.46. The van der Waals surface area contributed by atoms with Crippen molar-refractivity contribution in [2.45, 2.75) is 38.8 Å². The van der Waals surface area contributed by atoms with Crippen LogP contribution in [-0.4, -0.2) is 26.4 Å². The third kappa shape index (κ3) is 2.53. The molecule has 3 aromatic rings. The maximum atomic E-state index is 4.70. The molecule has 1 atom stereocenters. The Hall–Kier alpha value is -2.20. The van der Waals surface area contributed by atoms with Gasteiger partial charge in [0.1, 0.15) is 5.82 Å². The molecule has 0 radical (unpaired) electrons. The molecule has 2 aromatic heterocycles. The third-order valence-electron chi connectivity index (χ3n) is 5.06. The molecule has 0 spiro atoms. The fraction of sp³-hybridized carbons (Fsp3) is 0.368. The van der Waals surface area contributed by atoms with E-state index in [0.717, 1.165) is 31.0 Å². The largest absolute Gasteiger partial charge is 0.361 e. The first-order chi connectivity index (χ1) is 11.1. The average molecular weight is 306 g/mol. The van der Waals surface area contributed by atoms with Gasteiger partial charge in [-0.3, -0.25) is 4.90 Å². The van der Waals surface area contributed by atoms with Gasteiger partial charge in [-0.2, -0.15) is 0 Å². The Morgan fingerprint density at radius 3 is 3.04 bits per heavy atom. The fourth-order valence-electron chi connectivity index (χ4n) is 3.65. The van der Waals surface area contributed by atoms with Crippen LogP contribution in [0.2, 0.25) is 0 Å². The molecule has 0 aliphatic carbocycles. The molecule has 0 bridgehead atoms. The molecule has 118 valence electrons. The first kappa shape index (κ1) is 14.4. The molecule has 4 rings (SSSR count). The van der Waals surface area contributed by atoms with Crippen LogP contribution in [0, 0.1) is 6.92 Å². The molecule has 0 amide bonds. The Morgan fingerprint density at radius 1 is 1.26 bits per heavy atom. The van der Waals surface area contributed by atoms with Crippen LogP contribution >= 0.6 is 0 Å². The highest BCUT2D eigenvalue weighted by Crippen LogP contribution is 2.37. The third-order valence-corrected chi connectivity index (χ3v) is 5.06. The van der Waals surface area contributed by atoms with E-state index in [0.29, 0.717) is 0 Å². The summed E-state index contributed by atoms with van der Waals surface area (Å²) >= 11 is 0. The number of H-pyrrole nitrogens is 1. The van der Waals surface area contributed by atoms with Crippen LogP contribution in [-0.2, 0) is 12.1 Å². The number of aromatic amines is 1. The number of aromatic nitrogens is 3. The zero-order valence-corrected chi connectivity index (χ0v) is 13.7. The predicted molar refractivity (Wildman–Crippen MR) is 92.1 cm³/mol. The second-order valence-electron chi connectivity index (χ2n) is 6.72. The van der Waals surface area contributed by atoms with Crippen molar-refractivity contribution in [3.8, 4) is 0 Å². The van der Waals surface area contributed by atoms with Crippen LogP contribution in [0.15, 0.2) is 42.7 Å². The highest BCUT2D eigenvalue weighted by molar-refractivity contribution is 5.79. The highest BCUT2D eigenvalue weighted by atomic mass is 15.2. The van der Waals surface area contributed by atoms with E-state index in [9.17, 15) is 0 Å². The lowest BCUT2D eigenvalue weighted by atomic mass is 9.97. The molecule has 4 heteroatoms. The molecule has 3 heterocycles. The number of fused-ring (bicyclic) bond motifs is 1. The quantitative estimate of drug-likeness (QED) is 0.801. The van der Waals surface area contributed by atoms with Crippen LogP contribution < -0.4 is 0 Å². The summed E-state index contributed by atoms with van der Waals surface area (Å²) in [5.74, 6) is 0.955. The molecule has 1 unspecified atom stereocenters. The number of benzene rings is 1. The topological polar surface area (TPSA) is 44.8 Å². The lowest BCUT2D eigenvalue weighted by Gasteiger charge is -2.34. The van der Waals surface area contributed by atoms with Crippen LogP contribution in [0.3, 0.4) is 0 Å². The summed E-state index contributed by atoms with van der Waals surface area (Å²) in [5, 5.41) is 1.26. The molecule has 1 N–H and O–H groups in total. The number of hydrogen-bond donors (Lipinski definition) is 1. The van der Waals surface area contributed by atoms with Crippen molar-refractivity contribution in [1.82, 2.24) is 19.9 Å². The van der Waals surface area contributed by atoms with Crippen molar-refractivity contribution < 1.29 is 0 Å². The molecule has 23 heavy (non-hydrogen) atoms. The van der Waals surface area contributed by atoms with Crippen LogP contribution in [0.5, 0.6) is 0 Å². The lowest BCUT2D eigenvalue weighted by Crippen LogP contribution is -2.39. The van der Waals surface area contributed by atoms with Gasteiger partial charge in [-0.15, -0.1) is 0 Å². The molecule has 1 fully saturated rings. The van der Waals surface area contributed by atoms with E-state index in [4.69, 9.17) is 4.98 Å². The summed E-state index contributed by atoms with van der Waals surface area (Å²) < 4.78 is 0. The smallest absolute Gasteiger partial charge is 0.148 e. The maximum Gasteiger partial charge on any atom is 0.148 e. The van der Waals surface area contributed by atoms with Gasteiger partial charge in [0, 0.05) is 30.1 Å². The Bertz CT molecular complexity index is 838. The predicted octanol–water partition coefficient (Wildman–Crippen LogP) is 3.78. The number of nitrogens with one attached hydrogen (secondary N) is 1. The van der Waals surface area contributed by atoms with Crippen molar-refractivity contribution >= 4 is 10.9 Å². The average Bonchev–Trinajstić information content (AvgIpc) is 3.15. The van der Waals surface area contributed by atoms with Crippen molar-refractivity contribution in [2.24, 2.45) is 0 Å². The van der Waals surface area contributed by atoms with Crippen LogP contribution in [0.4, 0.5) is 0 Å². The van der Waals surface area contributed by atoms with E-state index in [2.05, 4.69) is 46.1 Å². The highest BCUT2D eigenvalue weighted by Gasteiger charge is 2.40. The zero-order valence-electron chi connectivity index (χ0n) is 13.7. The first-order valence-corrected chi connectivity index (χ1v) is 8.26. The van der Waals surface area contributed by atoms with Gasteiger partial charge in [0.05, 0.1) is 5.54 Å². The monoisotopic (exact) mass is 306 g/mol. The van der Waals surface area contributed by atoms with E-state index in [1.54, 1.807) is 0 Å². The minimum Gasteiger partial charge on any atom is -0.361 e. The van der Waals surface area contributed by atoms with Gasteiger partial charge in [-0.1, -0.05) is 12.1 Å². The van der Waals surface area contributed by atoms with Gasteiger partial charge in [0.2, 0.25) is 0 Å². The number of aryl methyl sites for hydroxylation is 1. The number of rotatable bonds is 3. The summed E-state index contributed by atoms with van der Waals surface area (Å²) in [4.78, 5) is 15.1. The normalized spacial score (nSPS) is 22.0. The summed E-state index contributed by atoms with van der Waals surface area (Å²) in [6, 6.07) is 10.7. The summed E-state index contributed by atoms with van der Waals surface area (Å²) in [6.07, 6.45) is 6.18. The van der Waals surface area contributed by atoms with Gasteiger partial charge >= 0.3 is 0 Å². The molecule has 0 saturated carbocycles. The Balaban J connectivity index is 1.64. The SMILES string of the molecule is Cc1ccnc(C2(C)CCCN2Cc2ccc3cc[nH]c3c2)n1. The lowest BCUT2D eigenvalue weighted by molar-refractivity contribution is 0.137. The van der Waals surface area contributed by atoms with Gasteiger partial charge < -0.3 is 4.98 Å². The van der Waals surface area contributed by atoms with Crippen molar-refractivity contribution in [2.75, 3.05) is 6.54 Å². The van der Waals surface area contributed by atoms with Crippen molar-refractivity contribution in [3.05, 3.63) is 59.8 Å². The minimum atomic E-state index is -0.0727. The van der Waals surface area contributed by atoms with E-state index in [-0.39, 0.29) is 5.54 Å². The molecular formula is C19H22N4. The molecular weight excluding hydrogens is 284 g/mol. The van der Waals surface area contributed by atoms with Gasteiger partial charge in [-0.05, 0) is 62.4 Å². The molecule has 1 aliphatic heterocycles. The maximum absolute atomic E-state index is 4.70. The van der Waals surface area contributed by atoms with E-state index >= 15 is 0 Å². The fourth-order valence-corrected chi connectivity index (χ4v) is 3.65. The van der Waals surface area contributed by atoms with Crippen LogP contribution in [0.25, 0.3) is 10.9 Å². The molecule has 1 aromatic carbocycles. The number of hydrogen-bond acceptors (Lipinski definition) is 3. The molecule has 1 saturated heterocycles. The number of likely N-dealkylation sites (tertiary alicyclic amines) is 1. The Kier molecular flexibility index (Phi) is 3.42. The zero-order chi connectivity index (χ0) is 15.9. The Morgan fingerprint density at radius 2 is 2.17 bits per heavy atom. The van der Waals surface area contributed by atoms with Gasteiger partial charge in [0.15, 0.2) is 0 Å². The van der Waals surface area contributed by atoms with Gasteiger partial charge in [0.25, 0.3) is 0 Å². The minimum absolute atomic E-state index is 0.0727. The van der Waals surface area contributed by atoms with E-state index in [1.807, 2.05) is 25.4 Å². The van der Waals surface area contributed by atoms with Crippen molar-refractivity contribution in [1.29, 1.82) is 0 Å². The second-order valence-corrected chi connectivity index (χ2v) is 6.72. The Labute approximate surface area is 136 Å². The summed E-state index contributed by atoms with van der Waals surface area (Å²) in [5.41, 5.74) is 3.50. The first-order valence-electron chi connectivity index (χ1n) is 8.26. The van der Waals surface area contributed by atoms with Crippen molar-refractivity contribution in [3.63, 3.8) is 0 Å².